The van der Waals surface area contributed by atoms with Gasteiger partial charge < -0.3 is 10.1 Å². The molecule has 1 N–H and O–H groups in total. The van der Waals surface area contributed by atoms with Crippen molar-refractivity contribution in [1.82, 2.24) is 24.6 Å². The lowest BCUT2D eigenvalue weighted by Gasteiger charge is -2.18. The number of hydrogen-bond donors (Lipinski definition) is 1. The number of amides is 1. The van der Waals surface area contributed by atoms with Crippen LogP contribution >= 0.6 is 0 Å². The third-order valence-corrected chi connectivity index (χ3v) is 4.85. The lowest BCUT2D eigenvalue weighted by atomic mass is 10.1. The van der Waals surface area contributed by atoms with Crippen LogP contribution in [0.15, 0.2) is 24.3 Å². The molecule has 0 radical (unpaired) electrons. The Morgan fingerprint density at radius 3 is 2.19 bits per heavy atom. The first kappa shape index (κ1) is 22.4. The first-order chi connectivity index (χ1) is 14.7. The maximum atomic E-state index is 12.7. The van der Waals surface area contributed by atoms with Crippen molar-refractivity contribution in [2.75, 3.05) is 26.0 Å². The number of nitrogens with one attached hydrogen (secondary N) is 1. The highest BCUT2D eigenvalue weighted by atomic mass is 16.5. The van der Waals surface area contributed by atoms with Gasteiger partial charge in [0.15, 0.2) is 0 Å². The van der Waals surface area contributed by atoms with Crippen molar-refractivity contribution in [3.05, 3.63) is 58.0 Å². The second-order valence-corrected chi connectivity index (χ2v) is 8.02. The lowest BCUT2D eigenvalue weighted by molar-refractivity contribution is -0.117. The Labute approximate surface area is 183 Å². The van der Waals surface area contributed by atoms with E-state index >= 15 is 0 Å². The highest BCUT2D eigenvalue weighted by molar-refractivity contribution is 5.91. The minimum atomic E-state index is -0.130. The molecule has 2 aromatic heterocycles. The minimum Gasteiger partial charge on any atom is -0.496 e. The smallest absolute Gasteiger partial charge is 0.252 e. The fraction of sp³-hybridized carbons (Fsp3) is 0.391. The largest absolute Gasteiger partial charge is 0.496 e. The average Bonchev–Trinajstić information content (AvgIpc) is 3.00. The molecule has 8 nitrogen and oxygen atoms in total. The Kier molecular flexibility index (Phi) is 6.70. The van der Waals surface area contributed by atoms with E-state index in [2.05, 4.69) is 32.5 Å². The van der Waals surface area contributed by atoms with Gasteiger partial charge in [0.05, 0.1) is 19.3 Å². The van der Waals surface area contributed by atoms with Crippen LogP contribution in [0.3, 0.4) is 0 Å². The number of rotatable bonds is 7. The van der Waals surface area contributed by atoms with Gasteiger partial charge in [-0.25, -0.2) is 9.97 Å². The second-order valence-electron chi connectivity index (χ2n) is 8.02. The molecule has 0 aliphatic carbocycles. The summed E-state index contributed by atoms with van der Waals surface area (Å²) in [6.45, 7) is 10.6. The van der Waals surface area contributed by atoms with Gasteiger partial charge in [0.2, 0.25) is 5.91 Å². The summed E-state index contributed by atoms with van der Waals surface area (Å²) in [5.41, 5.74) is 5.77. The fourth-order valence-corrected chi connectivity index (χ4v) is 3.79. The van der Waals surface area contributed by atoms with E-state index in [1.54, 1.807) is 11.8 Å². The van der Waals surface area contributed by atoms with Crippen LogP contribution in [0.5, 0.6) is 5.75 Å². The van der Waals surface area contributed by atoms with Crippen LogP contribution in [0.1, 0.15) is 33.8 Å². The molecule has 31 heavy (non-hydrogen) atoms. The molecule has 0 aliphatic heterocycles. The molecule has 0 spiro atoms. The van der Waals surface area contributed by atoms with Crippen molar-refractivity contribution in [3.8, 4) is 11.7 Å². The molecule has 8 heteroatoms. The van der Waals surface area contributed by atoms with Gasteiger partial charge in [-0.2, -0.15) is 9.78 Å². The van der Waals surface area contributed by atoms with Gasteiger partial charge in [0, 0.05) is 24.0 Å². The number of aromatic nitrogens is 4. The van der Waals surface area contributed by atoms with Crippen LogP contribution in [0.2, 0.25) is 0 Å². The maximum Gasteiger partial charge on any atom is 0.252 e. The van der Waals surface area contributed by atoms with E-state index in [9.17, 15) is 4.79 Å². The van der Waals surface area contributed by atoms with E-state index in [0.717, 1.165) is 39.5 Å². The summed E-state index contributed by atoms with van der Waals surface area (Å²) < 4.78 is 7.01. The highest BCUT2D eigenvalue weighted by Crippen LogP contribution is 2.24. The van der Waals surface area contributed by atoms with Gasteiger partial charge in [-0.15, -0.1) is 0 Å². The van der Waals surface area contributed by atoms with Crippen LogP contribution in [-0.4, -0.2) is 51.3 Å². The molecule has 1 aromatic carbocycles. The van der Waals surface area contributed by atoms with Crippen LogP contribution in [0, 0.1) is 34.6 Å². The molecule has 0 bridgehead atoms. The standard InChI is InChI=1S/C23H30N6O2/c1-14-8-19(9-15(2)22(14)31-7)12-28(6)13-21(30)26-20-11-18(5)27-29(20)23-24-16(3)10-17(4)25-23/h8-11H,12-13H2,1-7H3,(H,26,30). The summed E-state index contributed by atoms with van der Waals surface area (Å²) in [6.07, 6.45) is 0. The van der Waals surface area contributed by atoms with Gasteiger partial charge in [0.25, 0.3) is 5.95 Å². The highest BCUT2D eigenvalue weighted by Gasteiger charge is 2.15. The molecule has 0 saturated heterocycles. The van der Waals surface area contributed by atoms with Crippen LogP contribution in [-0.2, 0) is 11.3 Å². The van der Waals surface area contributed by atoms with Crippen molar-refractivity contribution < 1.29 is 9.53 Å². The summed E-state index contributed by atoms with van der Waals surface area (Å²) in [7, 11) is 3.60. The summed E-state index contributed by atoms with van der Waals surface area (Å²) in [5.74, 6) is 1.77. The first-order valence-electron chi connectivity index (χ1n) is 10.2. The fourth-order valence-electron chi connectivity index (χ4n) is 3.79. The molecular formula is C23H30N6O2. The van der Waals surface area contributed by atoms with Crippen molar-refractivity contribution in [2.24, 2.45) is 0 Å². The number of anilines is 1. The summed E-state index contributed by atoms with van der Waals surface area (Å²) in [6, 6.07) is 7.90. The number of likely N-dealkylation sites (N-methyl/N-ethyl adjacent to an activating group) is 1. The Balaban J connectivity index is 1.70. The molecule has 0 fully saturated rings. The van der Waals surface area contributed by atoms with Crippen LogP contribution in [0.4, 0.5) is 5.82 Å². The summed E-state index contributed by atoms with van der Waals surface area (Å²) in [4.78, 5) is 23.6. The van der Waals surface area contributed by atoms with Crippen LogP contribution in [0.25, 0.3) is 5.95 Å². The maximum absolute atomic E-state index is 12.7. The van der Waals surface area contributed by atoms with E-state index in [0.29, 0.717) is 18.3 Å². The van der Waals surface area contributed by atoms with E-state index in [1.807, 2.05) is 58.7 Å². The third-order valence-electron chi connectivity index (χ3n) is 4.85. The predicted molar refractivity (Wildman–Crippen MR) is 121 cm³/mol. The number of nitrogens with zero attached hydrogens (tertiary/aromatic N) is 5. The monoisotopic (exact) mass is 422 g/mol. The average molecular weight is 423 g/mol. The molecule has 0 aliphatic rings. The summed E-state index contributed by atoms with van der Waals surface area (Å²) >= 11 is 0. The molecule has 2 heterocycles. The minimum absolute atomic E-state index is 0.130. The molecule has 0 atom stereocenters. The number of aryl methyl sites for hydroxylation is 5. The van der Waals surface area contributed by atoms with Crippen molar-refractivity contribution in [2.45, 2.75) is 41.2 Å². The van der Waals surface area contributed by atoms with Gasteiger partial charge >= 0.3 is 0 Å². The lowest BCUT2D eigenvalue weighted by Crippen LogP contribution is -2.30. The third kappa shape index (κ3) is 5.46. The predicted octanol–water partition coefficient (Wildman–Crippen LogP) is 3.28. The Bertz CT molecular complexity index is 1060. The van der Waals surface area contributed by atoms with E-state index in [4.69, 9.17) is 4.74 Å². The number of ether oxygens (including phenoxy) is 1. The Morgan fingerprint density at radius 2 is 1.61 bits per heavy atom. The normalized spacial score (nSPS) is 11.1. The SMILES string of the molecule is COc1c(C)cc(CN(C)CC(=O)Nc2cc(C)nn2-c2nc(C)cc(C)n2)cc1C. The van der Waals surface area contributed by atoms with Gasteiger partial charge in [-0.05, 0) is 64.4 Å². The summed E-state index contributed by atoms with van der Waals surface area (Å²) in [5, 5.41) is 7.40. The number of carbonyl (C=O) groups excluding carboxylic acids is 1. The van der Waals surface area contributed by atoms with E-state index in [-0.39, 0.29) is 12.5 Å². The molecule has 164 valence electrons. The van der Waals surface area contributed by atoms with Gasteiger partial charge in [-0.3, -0.25) is 9.69 Å². The first-order valence-corrected chi connectivity index (χ1v) is 10.2. The number of carbonyl (C=O) groups is 1. The molecule has 0 saturated carbocycles. The second kappa shape index (κ2) is 9.26. The molecule has 3 rings (SSSR count). The zero-order valence-corrected chi connectivity index (χ0v) is 19.3. The van der Waals surface area contributed by atoms with E-state index < -0.39 is 0 Å². The van der Waals surface area contributed by atoms with Crippen molar-refractivity contribution >= 4 is 11.7 Å². The van der Waals surface area contributed by atoms with Crippen LogP contribution < -0.4 is 10.1 Å². The number of benzene rings is 1. The Hall–Kier alpha value is -3.26. The quantitative estimate of drug-likeness (QED) is 0.629. The Morgan fingerprint density at radius 1 is 1.00 bits per heavy atom. The molecular weight excluding hydrogens is 392 g/mol. The number of hydrogen-bond acceptors (Lipinski definition) is 6. The zero-order valence-electron chi connectivity index (χ0n) is 19.3. The topological polar surface area (TPSA) is 85.2 Å². The molecule has 3 aromatic rings. The molecule has 0 unspecified atom stereocenters. The zero-order chi connectivity index (χ0) is 22.7. The van der Waals surface area contributed by atoms with Crippen molar-refractivity contribution in [1.29, 1.82) is 0 Å². The van der Waals surface area contributed by atoms with E-state index in [1.165, 1.54) is 0 Å². The molecule has 1 amide bonds. The van der Waals surface area contributed by atoms with Crippen molar-refractivity contribution in [3.63, 3.8) is 0 Å². The van der Waals surface area contributed by atoms with Gasteiger partial charge in [-0.1, -0.05) is 12.1 Å². The van der Waals surface area contributed by atoms with Gasteiger partial charge in [0.1, 0.15) is 11.6 Å². The number of methoxy groups -OCH3 is 1.